The van der Waals surface area contributed by atoms with Gasteiger partial charge in [-0.2, -0.15) is 26.3 Å². The first-order chi connectivity index (χ1) is 9.60. The van der Waals surface area contributed by atoms with E-state index in [-0.39, 0.29) is 6.07 Å². The fourth-order valence-corrected chi connectivity index (χ4v) is 1.30. The maximum atomic E-state index is 12.0. The maximum Gasteiger partial charge on any atom is 0.416 e. The Bertz CT molecular complexity index is 530. The van der Waals surface area contributed by atoms with E-state index in [2.05, 4.69) is 0 Å². The van der Waals surface area contributed by atoms with Gasteiger partial charge < -0.3 is 5.11 Å². The first-order valence-electron chi connectivity index (χ1n) is 5.59. The van der Waals surface area contributed by atoms with E-state index in [0.29, 0.717) is 17.9 Å². The van der Waals surface area contributed by atoms with Crippen LogP contribution in [-0.2, 0) is 12.4 Å². The van der Waals surface area contributed by atoms with E-state index in [9.17, 15) is 26.3 Å². The van der Waals surface area contributed by atoms with Gasteiger partial charge in [-0.3, -0.25) is 0 Å². The lowest BCUT2D eigenvalue weighted by Gasteiger charge is -2.10. The number of alkyl halides is 6. The Hall–Kier alpha value is -2.18. The summed E-state index contributed by atoms with van der Waals surface area (Å²) < 4.78 is 71.9. The van der Waals surface area contributed by atoms with E-state index in [0.717, 1.165) is 6.07 Å². The molecule has 0 saturated heterocycles. The van der Waals surface area contributed by atoms with Crippen LogP contribution in [0.3, 0.4) is 0 Å². The smallest absolute Gasteiger partial charge is 0.416 e. The highest BCUT2D eigenvalue weighted by atomic mass is 19.4. The van der Waals surface area contributed by atoms with Crippen LogP contribution in [0.1, 0.15) is 11.1 Å². The number of hydrogen-bond acceptors (Lipinski definition) is 1. The predicted molar refractivity (Wildman–Crippen MR) is 64.6 cm³/mol. The number of aromatic hydroxyl groups is 1. The number of phenolic OH excluding ortho intramolecular Hbond substituents is 1. The summed E-state index contributed by atoms with van der Waals surface area (Å²) in [5.74, 6) is 0.322. The average Bonchev–Trinajstić information content (AvgIpc) is 2.38. The minimum absolute atomic E-state index is 0.0833. The van der Waals surface area contributed by atoms with E-state index in [4.69, 9.17) is 5.11 Å². The third-order valence-electron chi connectivity index (χ3n) is 2.27. The fraction of sp³-hybridized carbons (Fsp3) is 0.143. The van der Waals surface area contributed by atoms with E-state index in [1.165, 1.54) is 0 Å². The summed E-state index contributed by atoms with van der Waals surface area (Å²) in [6.07, 6.45) is -9.50. The Kier molecular flexibility index (Phi) is 5.23. The minimum atomic E-state index is -4.75. The summed E-state index contributed by atoms with van der Waals surface area (Å²) in [5.41, 5.74) is -2.60. The lowest BCUT2D eigenvalue weighted by atomic mass is 10.1. The number of halogens is 6. The third kappa shape index (κ3) is 5.76. The van der Waals surface area contributed by atoms with Crippen LogP contribution in [0, 0.1) is 0 Å². The van der Waals surface area contributed by atoms with Crippen molar-refractivity contribution in [2.75, 3.05) is 0 Å². The van der Waals surface area contributed by atoms with E-state index in [1.54, 1.807) is 24.3 Å². The minimum Gasteiger partial charge on any atom is -0.508 e. The standard InChI is InChI=1S/C8H4F6.C6H6O/c9-7(10,11)5-2-1-3-6(4-5)8(12,13)14;7-6-4-2-1-3-5-6/h1-4H;1-5,7H. The molecular formula is C14H10F6O. The van der Waals surface area contributed by atoms with Gasteiger partial charge in [0.05, 0.1) is 11.1 Å². The molecule has 0 aliphatic heterocycles. The van der Waals surface area contributed by atoms with Crippen molar-refractivity contribution in [2.24, 2.45) is 0 Å². The molecule has 0 unspecified atom stereocenters. The zero-order valence-electron chi connectivity index (χ0n) is 10.4. The topological polar surface area (TPSA) is 20.2 Å². The van der Waals surface area contributed by atoms with Crippen molar-refractivity contribution in [1.82, 2.24) is 0 Å². The number of para-hydroxylation sites is 1. The molecule has 7 heteroatoms. The molecule has 0 spiro atoms. The van der Waals surface area contributed by atoms with Crippen molar-refractivity contribution in [1.29, 1.82) is 0 Å². The highest BCUT2D eigenvalue weighted by molar-refractivity contribution is 5.27. The lowest BCUT2D eigenvalue weighted by molar-refractivity contribution is -0.143. The molecule has 0 aliphatic rings. The molecule has 0 amide bonds. The van der Waals surface area contributed by atoms with E-state index >= 15 is 0 Å². The number of phenols is 1. The second-order valence-electron chi connectivity index (χ2n) is 3.91. The highest BCUT2D eigenvalue weighted by Gasteiger charge is 2.35. The summed E-state index contributed by atoms with van der Waals surface area (Å²) >= 11 is 0. The average molecular weight is 308 g/mol. The van der Waals surface area contributed by atoms with Crippen LogP contribution in [0.15, 0.2) is 54.6 Å². The Morgan fingerprint density at radius 3 is 1.33 bits per heavy atom. The molecule has 0 bridgehead atoms. The third-order valence-corrected chi connectivity index (χ3v) is 2.27. The second kappa shape index (κ2) is 6.51. The Balaban J connectivity index is 0.000000262. The fourth-order valence-electron chi connectivity index (χ4n) is 1.30. The van der Waals surface area contributed by atoms with Crippen LogP contribution in [0.2, 0.25) is 0 Å². The van der Waals surface area contributed by atoms with Crippen LogP contribution < -0.4 is 0 Å². The summed E-state index contributed by atoms with van der Waals surface area (Å²) in [5, 5.41) is 8.63. The molecule has 2 aromatic rings. The summed E-state index contributed by atoms with van der Waals surface area (Å²) in [4.78, 5) is 0. The molecule has 114 valence electrons. The van der Waals surface area contributed by atoms with Gasteiger partial charge in [-0.15, -0.1) is 0 Å². The van der Waals surface area contributed by atoms with Crippen molar-refractivity contribution >= 4 is 0 Å². The Morgan fingerprint density at radius 2 is 1.05 bits per heavy atom. The van der Waals surface area contributed by atoms with E-state index < -0.39 is 23.5 Å². The first-order valence-corrected chi connectivity index (χ1v) is 5.59. The van der Waals surface area contributed by atoms with Gasteiger partial charge in [0.25, 0.3) is 0 Å². The molecule has 2 rings (SSSR count). The maximum absolute atomic E-state index is 12.0. The largest absolute Gasteiger partial charge is 0.508 e. The number of benzene rings is 2. The molecular weight excluding hydrogens is 298 g/mol. The highest BCUT2D eigenvalue weighted by Crippen LogP contribution is 2.34. The molecule has 1 N–H and O–H groups in total. The normalized spacial score (nSPS) is 11.5. The quantitative estimate of drug-likeness (QED) is 0.670. The van der Waals surface area contributed by atoms with Gasteiger partial charge >= 0.3 is 12.4 Å². The Labute approximate surface area is 116 Å². The van der Waals surface area contributed by atoms with Crippen molar-refractivity contribution in [3.8, 4) is 5.75 Å². The number of hydrogen-bond donors (Lipinski definition) is 1. The van der Waals surface area contributed by atoms with Crippen LogP contribution in [0.4, 0.5) is 26.3 Å². The van der Waals surface area contributed by atoms with Crippen LogP contribution in [-0.4, -0.2) is 5.11 Å². The molecule has 0 aromatic heterocycles. The van der Waals surface area contributed by atoms with Crippen molar-refractivity contribution in [3.63, 3.8) is 0 Å². The second-order valence-corrected chi connectivity index (χ2v) is 3.91. The van der Waals surface area contributed by atoms with Gasteiger partial charge in [0.2, 0.25) is 0 Å². The molecule has 21 heavy (non-hydrogen) atoms. The zero-order valence-corrected chi connectivity index (χ0v) is 10.4. The molecule has 0 heterocycles. The molecule has 1 nitrogen and oxygen atoms in total. The summed E-state index contributed by atoms with van der Waals surface area (Å²) in [6, 6.07) is 10.7. The summed E-state index contributed by atoms with van der Waals surface area (Å²) in [7, 11) is 0. The molecule has 0 atom stereocenters. The molecule has 0 aliphatic carbocycles. The van der Waals surface area contributed by atoms with Crippen molar-refractivity contribution in [2.45, 2.75) is 12.4 Å². The molecule has 2 aromatic carbocycles. The summed E-state index contributed by atoms with van der Waals surface area (Å²) in [6.45, 7) is 0. The molecule has 0 radical (unpaired) electrons. The first kappa shape index (κ1) is 16.9. The van der Waals surface area contributed by atoms with Gasteiger partial charge in [-0.05, 0) is 30.3 Å². The zero-order chi connectivity index (χ0) is 16.1. The van der Waals surface area contributed by atoms with Crippen LogP contribution >= 0.6 is 0 Å². The van der Waals surface area contributed by atoms with Gasteiger partial charge in [0.15, 0.2) is 0 Å². The SMILES string of the molecule is FC(F)(F)c1cccc(C(F)(F)F)c1.Oc1ccccc1. The van der Waals surface area contributed by atoms with E-state index in [1.807, 2.05) is 6.07 Å². The lowest BCUT2D eigenvalue weighted by Crippen LogP contribution is -2.09. The number of rotatable bonds is 0. The van der Waals surface area contributed by atoms with Gasteiger partial charge in [-0.1, -0.05) is 24.3 Å². The van der Waals surface area contributed by atoms with Gasteiger partial charge in [-0.25, -0.2) is 0 Å². The predicted octanol–water partition coefficient (Wildman–Crippen LogP) is 5.12. The van der Waals surface area contributed by atoms with Gasteiger partial charge in [0, 0.05) is 0 Å². The van der Waals surface area contributed by atoms with Crippen molar-refractivity contribution in [3.05, 3.63) is 65.7 Å². The molecule has 0 fully saturated rings. The molecule has 0 saturated carbocycles. The monoisotopic (exact) mass is 308 g/mol. The van der Waals surface area contributed by atoms with Crippen LogP contribution in [0.5, 0.6) is 5.75 Å². The van der Waals surface area contributed by atoms with Crippen molar-refractivity contribution < 1.29 is 31.4 Å². The van der Waals surface area contributed by atoms with Crippen LogP contribution in [0.25, 0.3) is 0 Å². The Morgan fingerprint density at radius 1 is 0.619 bits per heavy atom. The van der Waals surface area contributed by atoms with Gasteiger partial charge in [0.1, 0.15) is 5.75 Å².